The summed E-state index contributed by atoms with van der Waals surface area (Å²) < 4.78 is 1.85. The molecule has 6 nitrogen and oxygen atoms in total. The number of benzene rings is 2. The van der Waals surface area contributed by atoms with Crippen molar-refractivity contribution in [1.82, 2.24) is 24.6 Å². The molecule has 2 aromatic carbocycles. The molecule has 4 aromatic rings. The van der Waals surface area contributed by atoms with E-state index < -0.39 is 0 Å². The molecular weight excluding hydrogens is 445 g/mol. The van der Waals surface area contributed by atoms with E-state index in [2.05, 4.69) is 9.97 Å². The Hall–Kier alpha value is -2.96. The number of carbonyl (C=O) groups is 1. The molecule has 0 radical (unpaired) electrons. The largest absolute Gasteiger partial charge is 0.330 e. The fraction of sp³-hybridized carbons (Fsp3) is 0.250. The fourth-order valence-electron chi connectivity index (χ4n) is 4.48. The van der Waals surface area contributed by atoms with Gasteiger partial charge in [-0.3, -0.25) is 14.5 Å². The van der Waals surface area contributed by atoms with Crippen molar-refractivity contribution in [3.8, 4) is 11.3 Å². The van der Waals surface area contributed by atoms with Crippen LogP contribution in [0.3, 0.4) is 0 Å². The van der Waals surface area contributed by atoms with E-state index in [0.717, 1.165) is 33.7 Å². The molecule has 0 saturated heterocycles. The van der Waals surface area contributed by atoms with Gasteiger partial charge in [0, 0.05) is 46.5 Å². The van der Waals surface area contributed by atoms with Crippen molar-refractivity contribution in [2.75, 3.05) is 6.54 Å². The molecule has 0 spiro atoms. The molecule has 0 aliphatic carbocycles. The molecule has 0 bridgehead atoms. The molecule has 32 heavy (non-hydrogen) atoms. The van der Waals surface area contributed by atoms with Gasteiger partial charge in [-0.15, -0.1) is 0 Å². The highest BCUT2D eigenvalue weighted by Gasteiger charge is 2.33. The van der Waals surface area contributed by atoms with Crippen LogP contribution in [0.1, 0.15) is 40.3 Å². The van der Waals surface area contributed by atoms with Gasteiger partial charge in [-0.25, -0.2) is 4.98 Å². The highest BCUT2D eigenvalue weighted by atomic mass is 35.5. The number of fused-ring (bicyclic) bond motifs is 2. The molecule has 162 valence electrons. The molecule has 1 unspecified atom stereocenters. The monoisotopic (exact) mass is 465 g/mol. The van der Waals surface area contributed by atoms with Crippen LogP contribution >= 0.6 is 23.2 Å². The Morgan fingerprint density at radius 1 is 1.09 bits per heavy atom. The van der Waals surface area contributed by atoms with Gasteiger partial charge in [0.15, 0.2) is 0 Å². The Morgan fingerprint density at radius 3 is 2.59 bits per heavy atom. The Kier molecular flexibility index (Phi) is 5.14. The summed E-state index contributed by atoms with van der Waals surface area (Å²) in [5.74, 6) is -0.0366. The Bertz CT molecular complexity index is 1360. The maximum absolute atomic E-state index is 13.4. The zero-order chi connectivity index (χ0) is 22.6. The minimum Gasteiger partial charge on any atom is -0.330 e. The van der Waals surface area contributed by atoms with E-state index >= 15 is 0 Å². The van der Waals surface area contributed by atoms with Crippen LogP contribution < -0.4 is 0 Å². The van der Waals surface area contributed by atoms with E-state index in [1.54, 1.807) is 12.3 Å². The molecule has 2 aromatic heterocycles. The van der Waals surface area contributed by atoms with Gasteiger partial charge in [-0.2, -0.15) is 5.10 Å². The molecule has 5 rings (SSSR count). The third kappa shape index (κ3) is 3.53. The number of aromatic nitrogens is 4. The highest BCUT2D eigenvalue weighted by molar-refractivity contribution is 6.35. The van der Waals surface area contributed by atoms with Crippen LogP contribution in [0.5, 0.6) is 0 Å². The van der Waals surface area contributed by atoms with Gasteiger partial charge in [-0.05, 0) is 56.7 Å². The van der Waals surface area contributed by atoms with Crippen LogP contribution in [0.4, 0.5) is 0 Å². The summed E-state index contributed by atoms with van der Waals surface area (Å²) in [6, 6.07) is 10.8. The maximum atomic E-state index is 13.4. The summed E-state index contributed by atoms with van der Waals surface area (Å²) in [7, 11) is 1.91. The quantitative estimate of drug-likeness (QED) is 0.397. The summed E-state index contributed by atoms with van der Waals surface area (Å²) in [6.07, 6.45) is 2.41. The first-order chi connectivity index (χ1) is 15.3. The smallest absolute Gasteiger partial charge is 0.254 e. The number of nitrogens with zero attached hydrogens (tertiary/aromatic N) is 5. The van der Waals surface area contributed by atoms with Crippen LogP contribution in [0.15, 0.2) is 42.6 Å². The minimum atomic E-state index is -0.166. The number of halogens is 2. The minimum absolute atomic E-state index is 0.0366. The van der Waals surface area contributed by atoms with Crippen molar-refractivity contribution >= 4 is 40.1 Å². The van der Waals surface area contributed by atoms with E-state index in [9.17, 15) is 4.79 Å². The summed E-state index contributed by atoms with van der Waals surface area (Å²) in [6.45, 7) is 4.51. The van der Waals surface area contributed by atoms with Gasteiger partial charge in [0.25, 0.3) is 5.91 Å². The zero-order valence-electron chi connectivity index (χ0n) is 17.9. The van der Waals surface area contributed by atoms with E-state index in [4.69, 9.17) is 28.3 Å². The van der Waals surface area contributed by atoms with Gasteiger partial charge in [0.2, 0.25) is 0 Å². The summed E-state index contributed by atoms with van der Waals surface area (Å²) >= 11 is 12.5. The van der Waals surface area contributed by atoms with Crippen molar-refractivity contribution in [3.05, 3.63) is 75.2 Å². The lowest BCUT2D eigenvalue weighted by atomic mass is 9.95. The van der Waals surface area contributed by atoms with Crippen LogP contribution in [0.2, 0.25) is 10.0 Å². The zero-order valence-corrected chi connectivity index (χ0v) is 19.4. The molecule has 0 fully saturated rings. The molecular formula is C24H21Cl2N5O. The molecule has 1 amide bonds. The first-order valence-corrected chi connectivity index (χ1v) is 11.1. The fourth-order valence-corrected chi connectivity index (χ4v) is 5.00. The third-order valence-electron chi connectivity index (χ3n) is 5.95. The lowest BCUT2D eigenvalue weighted by Crippen LogP contribution is -2.38. The molecule has 1 aliphatic heterocycles. The summed E-state index contributed by atoms with van der Waals surface area (Å²) in [4.78, 5) is 24.1. The predicted molar refractivity (Wildman–Crippen MR) is 126 cm³/mol. The highest BCUT2D eigenvalue weighted by Crippen LogP contribution is 2.37. The normalized spacial score (nSPS) is 15.8. The Morgan fingerprint density at radius 2 is 1.84 bits per heavy atom. The number of hydrogen-bond donors (Lipinski definition) is 0. The van der Waals surface area contributed by atoms with E-state index in [-0.39, 0.29) is 11.9 Å². The Balaban J connectivity index is 1.49. The second kappa shape index (κ2) is 7.87. The molecule has 1 atom stereocenters. The summed E-state index contributed by atoms with van der Waals surface area (Å²) in [5.41, 5.74) is 6.88. The van der Waals surface area contributed by atoms with Gasteiger partial charge >= 0.3 is 0 Å². The van der Waals surface area contributed by atoms with Crippen LogP contribution in [0, 0.1) is 6.92 Å². The van der Waals surface area contributed by atoms with Crippen LogP contribution in [0.25, 0.3) is 22.3 Å². The Labute approximate surface area is 195 Å². The average Bonchev–Trinajstić information content (AvgIpc) is 3.09. The number of carbonyl (C=O) groups excluding carboxylic acids is 1. The van der Waals surface area contributed by atoms with Gasteiger partial charge in [-0.1, -0.05) is 23.2 Å². The molecule has 8 heteroatoms. The van der Waals surface area contributed by atoms with Gasteiger partial charge < -0.3 is 4.90 Å². The third-order valence-corrected chi connectivity index (χ3v) is 6.39. The topological polar surface area (TPSA) is 63.9 Å². The van der Waals surface area contributed by atoms with Crippen LogP contribution in [-0.2, 0) is 13.5 Å². The van der Waals surface area contributed by atoms with Crippen molar-refractivity contribution < 1.29 is 4.79 Å². The standard InChI is InChI=1S/C24H21Cl2N5O/c1-13-12-27-21-10-15(4-5-20(21)28-13)24(32)31-7-6-19-22(14(31)2)29-30(3)23(19)16-8-17(25)11-18(26)9-16/h4-5,8-12,14H,6-7H2,1-3H3. The van der Waals surface area contributed by atoms with Crippen molar-refractivity contribution in [2.45, 2.75) is 26.3 Å². The van der Waals surface area contributed by atoms with E-state index in [1.807, 2.05) is 60.8 Å². The lowest BCUT2D eigenvalue weighted by Gasteiger charge is -2.33. The van der Waals surface area contributed by atoms with Gasteiger partial charge in [0.1, 0.15) is 0 Å². The summed E-state index contributed by atoms with van der Waals surface area (Å²) in [5, 5.41) is 5.93. The first-order valence-electron chi connectivity index (χ1n) is 10.4. The van der Waals surface area contributed by atoms with Crippen LogP contribution in [-0.4, -0.2) is 37.1 Å². The van der Waals surface area contributed by atoms with E-state index in [1.165, 1.54) is 0 Å². The number of hydrogen-bond acceptors (Lipinski definition) is 4. The molecule has 1 aliphatic rings. The van der Waals surface area contributed by atoms with E-state index in [0.29, 0.717) is 34.1 Å². The molecule has 0 saturated carbocycles. The average molecular weight is 466 g/mol. The second-order valence-electron chi connectivity index (χ2n) is 8.13. The van der Waals surface area contributed by atoms with Crippen molar-refractivity contribution in [3.63, 3.8) is 0 Å². The van der Waals surface area contributed by atoms with Crippen molar-refractivity contribution in [2.24, 2.45) is 7.05 Å². The number of rotatable bonds is 2. The lowest BCUT2D eigenvalue weighted by molar-refractivity contribution is 0.0674. The van der Waals surface area contributed by atoms with Crippen molar-refractivity contribution in [1.29, 1.82) is 0 Å². The SMILES string of the molecule is Cc1cnc2cc(C(=O)N3CCc4c(nn(C)c4-c4cc(Cl)cc(Cl)c4)C3C)ccc2n1. The second-order valence-corrected chi connectivity index (χ2v) is 9.01. The maximum Gasteiger partial charge on any atom is 0.254 e. The number of amides is 1. The molecule has 0 N–H and O–H groups in total. The number of aryl methyl sites for hydroxylation is 2. The van der Waals surface area contributed by atoms with Gasteiger partial charge in [0.05, 0.1) is 34.2 Å². The first kappa shape index (κ1) is 20.9. The predicted octanol–water partition coefficient (Wildman–Crippen LogP) is 5.41. The molecule has 3 heterocycles.